The number of rotatable bonds is 3. The second kappa shape index (κ2) is 6.89. The van der Waals surface area contributed by atoms with Gasteiger partial charge in [-0.3, -0.25) is 9.59 Å². The van der Waals surface area contributed by atoms with E-state index in [1.54, 1.807) is 29.2 Å². The van der Waals surface area contributed by atoms with E-state index < -0.39 is 0 Å². The number of carbonyl (C=O) groups is 1. The molecule has 0 radical (unpaired) electrons. The number of likely N-dealkylation sites (tertiary alicyclic amines) is 1. The van der Waals surface area contributed by atoms with Crippen LogP contribution in [0.2, 0.25) is 0 Å². The molecular weight excluding hydrogens is 324 g/mol. The third-order valence-electron chi connectivity index (χ3n) is 4.76. The monoisotopic (exact) mass is 344 g/mol. The molecule has 132 valence electrons. The van der Waals surface area contributed by atoms with Gasteiger partial charge in [0, 0.05) is 19.0 Å². The van der Waals surface area contributed by atoms with Crippen LogP contribution in [0, 0.1) is 5.92 Å². The highest BCUT2D eigenvalue weighted by Gasteiger charge is 2.32. The van der Waals surface area contributed by atoms with Crippen molar-refractivity contribution in [2.24, 2.45) is 5.92 Å². The fourth-order valence-electron chi connectivity index (χ4n) is 3.46. The highest BCUT2D eigenvalue weighted by Crippen LogP contribution is 2.25. The lowest BCUT2D eigenvalue weighted by atomic mass is 9.97. The van der Waals surface area contributed by atoms with Gasteiger partial charge in [0.2, 0.25) is 5.91 Å². The van der Waals surface area contributed by atoms with Gasteiger partial charge in [0.1, 0.15) is 12.1 Å². The molecule has 1 aromatic carbocycles. The maximum absolute atomic E-state index is 12.6. The van der Waals surface area contributed by atoms with Gasteiger partial charge < -0.3 is 14.4 Å². The molecule has 1 amide bonds. The Kier molecular flexibility index (Phi) is 4.46. The predicted octanol–water partition coefficient (Wildman–Crippen LogP) is 0.403. The van der Waals surface area contributed by atoms with Crippen LogP contribution in [0.25, 0.3) is 10.9 Å². The van der Waals surface area contributed by atoms with E-state index in [1.807, 2.05) is 0 Å². The molecule has 8 nitrogen and oxygen atoms in total. The second-order valence-corrected chi connectivity index (χ2v) is 6.42. The highest BCUT2D eigenvalue weighted by molar-refractivity contribution is 5.78. The van der Waals surface area contributed by atoms with Crippen molar-refractivity contribution in [1.29, 1.82) is 0 Å². The van der Waals surface area contributed by atoms with Crippen molar-refractivity contribution in [1.82, 2.24) is 19.9 Å². The van der Waals surface area contributed by atoms with E-state index in [-0.39, 0.29) is 30.2 Å². The topological polar surface area (TPSA) is 86.5 Å². The average Bonchev–Trinajstić information content (AvgIpc) is 3.19. The molecule has 1 atom stereocenters. The first-order valence-corrected chi connectivity index (χ1v) is 8.56. The zero-order valence-corrected chi connectivity index (χ0v) is 13.8. The van der Waals surface area contributed by atoms with Crippen LogP contribution in [0.5, 0.6) is 0 Å². The molecule has 1 unspecified atom stereocenters. The predicted molar refractivity (Wildman–Crippen MR) is 88.8 cm³/mol. The van der Waals surface area contributed by atoms with Gasteiger partial charge >= 0.3 is 0 Å². The molecule has 0 bridgehead atoms. The van der Waals surface area contributed by atoms with Crippen LogP contribution in [-0.4, -0.2) is 58.4 Å². The molecule has 8 heteroatoms. The first-order valence-electron chi connectivity index (χ1n) is 8.56. The Morgan fingerprint density at radius 1 is 1.24 bits per heavy atom. The first kappa shape index (κ1) is 16.2. The van der Waals surface area contributed by atoms with Crippen molar-refractivity contribution in [3.05, 3.63) is 34.6 Å². The summed E-state index contributed by atoms with van der Waals surface area (Å²) < 4.78 is 12.3. The van der Waals surface area contributed by atoms with Gasteiger partial charge in [-0.25, -0.2) is 4.68 Å². The SMILES string of the molecule is O=C(Cn1nnc2ccccc2c1=O)N1CCCC(C2OCCO2)C1. The number of ether oxygens (including phenoxy) is 2. The Balaban J connectivity index is 1.48. The number of hydrogen-bond donors (Lipinski definition) is 0. The molecule has 2 aromatic rings. The summed E-state index contributed by atoms with van der Waals surface area (Å²) in [6, 6.07) is 6.99. The summed E-state index contributed by atoms with van der Waals surface area (Å²) in [4.78, 5) is 26.9. The smallest absolute Gasteiger partial charge is 0.278 e. The first-order chi connectivity index (χ1) is 12.2. The summed E-state index contributed by atoms with van der Waals surface area (Å²) in [5, 5.41) is 8.38. The van der Waals surface area contributed by atoms with Crippen molar-refractivity contribution < 1.29 is 14.3 Å². The molecule has 3 heterocycles. The summed E-state index contributed by atoms with van der Waals surface area (Å²) in [6.45, 7) is 2.38. The van der Waals surface area contributed by atoms with Gasteiger partial charge in [-0.05, 0) is 25.0 Å². The van der Waals surface area contributed by atoms with Crippen LogP contribution in [0.15, 0.2) is 29.1 Å². The number of fused-ring (bicyclic) bond motifs is 1. The maximum atomic E-state index is 12.6. The number of aromatic nitrogens is 3. The zero-order valence-electron chi connectivity index (χ0n) is 13.8. The van der Waals surface area contributed by atoms with E-state index in [1.165, 1.54) is 0 Å². The van der Waals surface area contributed by atoms with E-state index in [0.29, 0.717) is 37.2 Å². The van der Waals surface area contributed by atoms with Gasteiger partial charge in [-0.15, -0.1) is 5.10 Å². The summed E-state index contributed by atoms with van der Waals surface area (Å²) in [5.74, 6) is 0.0500. The lowest BCUT2D eigenvalue weighted by Gasteiger charge is -2.34. The van der Waals surface area contributed by atoms with Crippen LogP contribution >= 0.6 is 0 Å². The van der Waals surface area contributed by atoms with E-state index in [9.17, 15) is 9.59 Å². The van der Waals surface area contributed by atoms with Crippen LogP contribution in [0.4, 0.5) is 0 Å². The van der Waals surface area contributed by atoms with Crippen LogP contribution in [0.1, 0.15) is 12.8 Å². The second-order valence-electron chi connectivity index (χ2n) is 6.42. The molecule has 2 fully saturated rings. The Morgan fingerprint density at radius 2 is 2.04 bits per heavy atom. The molecule has 2 saturated heterocycles. The lowest BCUT2D eigenvalue weighted by molar-refractivity contribution is -0.140. The van der Waals surface area contributed by atoms with Crippen molar-refractivity contribution in [3.8, 4) is 0 Å². The molecule has 4 rings (SSSR count). The fraction of sp³-hybridized carbons (Fsp3) is 0.529. The molecule has 25 heavy (non-hydrogen) atoms. The third-order valence-corrected chi connectivity index (χ3v) is 4.76. The molecule has 0 spiro atoms. The Bertz CT molecular complexity index is 831. The Hall–Kier alpha value is -2.32. The van der Waals surface area contributed by atoms with Gasteiger partial charge in [0.15, 0.2) is 6.29 Å². The molecule has 2 aliphatic rings. The largest absolute Gasteiger partial charge is 0.350 e. The van der Waals surface area contributed by atoms with Gasteiger partial charge in [0.25, 0.3) is 5.56 Å². The van der Waals surface area contributed by atoms with Gasteiger partial charge in [-0.2, -0.15) is 0 Å². The van der Waals surface area contributed by atoms with Crippen LogP contribution in [0.3, 0.4) is 0 Å². The standard InChI is InChI=1S/C17H20N4O4/c22-15(20-7-3-4-12(10-20)17-24-8-9-25-17)11-21-16(23)13-5-1-2-6-14(13)18-19-21/h1-2,5-6,12,17H,3-4,7-11H2. The average molecular weight is 344 g/mol. The van der Waals surface area contributed by atoms with Gasteiger partial charge in [-0.1, -0.05) is 17.3 Å². The Morgan fingerprint density at radius 3 is 2.88 bits per heavy atom. The van der Waals surface area contributed by atoms with Crippen molar-refractivity contribution >= 4 is 16.8 Å². The molecule has 0 N–H and O–H groups in total. The minimum Gasteiger partial charge on any atom is -0.350 e. The number of carbonyl (C=O) groups excluding carboxylic acids is 1. The number of nitrogens with zero attached hydrogens (tertiary/aromatic N) is 4. The molecule has 2 aliphatic heterocycles. The summed E-state index contributed by atoms with van der Waals surface area (Å²) in [5.41, 5.74) is 0.236. The maximum Gasteiger partial charge on any atom is 0.278 e. The normalized spacial score (nSPS) is 21.8. The molecule has 0 aliphatic carbocycles. The van der Waals surface area contributed by atoms with E-state index in [2.05, 4.69) is 10.3 Å². The quantitative estimate of drug-likeness (QED) is 0.801. The summed E-state index contributed by atoms with van der Waals surface area (Å²) in [6.07, 6.45) is 1.65. The minimum atomic E-state index is -0.296. The van der Waals surface area contributed by atoms with E-state index >= 15 is 0 Å². The number of hydrogen-bond acceptors (Lipinski definition) is 6. The minimum absolute atomic E-state index is 0.101. The molecule has 1 aromatic heterocycles. The number of piperidine rings is 1. The molecule has 0 saturated carbocycles. The number of benzene rings is 1. The van der Waals surface area contributed by atoms with E-state index in [0.717, 1.165) is 17.5 Å². The Labute approximate surface area is 144 Å². The summed E-state index contributed by atoms with van der Waals surface area (Å²) >= 11 is 0. The van der Waals surface area contributed by atoms with Crippen molar-refractivity contribution in [2.75, 3.05) is 26.3 Å². The van der Waals surface area contributed by atoms with Crippen molar-refractivity contribution in [3.63, 3.8) is 0 Å². The summed E-state index contributed by atoms with van der Waals surface area (Å²) in [7, 11) is 0. The molecular formula is C17H20N4O4. The van der Waals surface area contributed by atoms with E-state index in [4.69, 9.17) is 9.47 Å². The lowest BCUT2D eigenvalue weighted by Crippen LogP contribution is -2.46. The van der Waals surface area contributed by atoms with Crippen LogP contribution < -0.4 is 5.56 Å². The highest BCUT2D eigenvalue weighted by atomic mass is 16.7. The third kappa shape index (κ3) is 3.27. The van der Waals surface area contributed by atoms with Crippen LogP contribution in [-0.2, 0) is 20.8 Å². The van der Waals surface area contributed by atoms with Gasteiger partial charge in [0.05, 0.1) is 18.6 Å². The fourth-order valence-corrected chi connectivity index (χ4v) is 3.46. The number of amides is 1. The zero-order chi connectivity index (χ0) is 17.2. The van der Waals surface area contributed by atoms with Crippen molar-refractivity contribution in [2.45, 2.75) is 25.7 Å².